The van der Waals surface area contributed by atoms with Crippen molar-refractivity contribution in [2.75, 3.05) is 18.4 Å². The van der Waals surface area contributed by atoms with Crippen molar-refractivity contribution >= 4 is 18.8 Å². The molecule has 2 rings (SSSR count). The van der Waals surface area contributed by atoms with E-state index in [4.69, 9.17) is 5.73 Å². The van der Waals surface area contributed by atoms with Gasteiger partial charge < -0.3 is 31.6 Å². The molecule has 1 aromatic heterocycles. The highest BCUT2D eigenvalue weighted by Crippen LogP contribution is 2.16. The predicted molar refractivity (Wildman–Crippen MR) is 207 cm³/mol. The minimum absolute atomic E-state index is 0.121. The normalized spacial score (nSPS) is 11.0. The molecule has 0 fully saturated rings. The Morgan fingerprint density at radius 1 is 0.804 bits per heavy atom. The van der Waals surface area contributed by atoms with Gasteiger partial charge in [0.05, 0.1) is 18.4 Å². The lowest BCUT2D eigenvalue weighted by molar-refractivity contribution is 0.452. The summed E-state index contributed by atoms with van der Waals surface area (Å²) in [6.07, 6.45) is 7.83. The third kappa shape index (κ3) is 18.9. The monoisotopic (exact) mass is 633 g/mol. The number of hydrogen-bond donors (Lipinski definition) is 5. The highest BCUT2D eigenvalue weighted by molar-refractivity contribution is 5.49. The molecule has 258 valence electrons. The van der Waals surface area contributed by atoms with Crippen LogP contribution in [0.5, 0.6) is 0 Å². The molecule has 0 aliphatic heterocycles. The molecule has 1 aromatic carbocycles. The maximum atomic E-state index is 5.17. The summed E-state index contributed by atoms with van der Waals surface area (Å²) in [7, 11) is 0. The molecule has 6 heteroatoms. The van der Waals surface area contributed by atoms with Gasteiger partial charge in [0.25, 0.3) is 0 Å². The van der Waals surface area contributed by atoms with Crippen LogP contribution >= 0.6 is 0 Å². The first kappa shape index (κ1) is 42.2. The van der Waals surface area contributed by atoms with Crippen molar-refractivity contribution in [3.05, 3.63) is 102 Å². The lowest BCUT2D eigenvalue weighted by atomic mass is 10.0. The Hall–Kier alpha value is -3.80. The van der Waals surface area contributed by atoms with E-state index in [1.54, 1.807) is 0 Å². The number of benzene rings is 1. The molecule has 0 saturated heterocycles. The van der Waals surface area contributed by atoms with Gasteiger partial charge in [-0.2, -0.15) is 0 Å². The highest BCUT2D eigenvalue weighted by Gasteiger charge is 2.17. The van der Waals surface area contributed by atoms with Gasteiger partial charge in [0, 0.05) is 46.6 Å². The maximum Gasteiger partial charge on any atom is 0.0885 e. The maximum absolute atomic E-state index is 5.17. The van der Waals surface area contributed by atoms with E-state index in [9.17, 15) is 0 Å². The van der Waals surface area contributed by atoms with Gasteiger partial charge in [-0.05, 0) is 73.8 Å². The second-order valence-electron chi connectivity index (χ2n) is 12.5. The highest BCUT2D eigenvalue weighted by atomic mass is 15.0. The van der Waals surface area contributed by atoms with Crippen molar-refractivity contribution in [3.63, 3.8) is 0 Å². The topological polar surface area (TPSA) is 79.1 Å². The fourth-order valence-electron chi connectivity index (χ4n) is 4.81. The van der Waals surface area contributed by atoms with Crippen LogP contribution in [0, 0.1) is 11.8 Å². The molecule has 0 spiro atoms. The molecule has 1 atom stereocenters. The first-order valence-corrected chi connectivity index (χ1v) is 17.3. The van der Waals surface area contributed by atoms with E-state index in [-0.39, 0.29) is 6.04 Å². The quantitative estimate of drug-likeness (QED) is 0.0910. The average molecular weight is 633 g/mol. The van der Waals surface area contributed by atoms with Crippen LogP contribution in [-0.4, -0.2) is 23.7 Å². The van der Waals surface area contributed by atoms with Crippen molar-refractivity contribution in [2.24, 2.45) is 17.6 Å². The largest absolute Gasteiger partial charge is 0.386 e. The molecular weight excluding hydrogens is 564 g/mol. The van der Waals surface area contributed by atoms with Crippen molar-refractivity contribution in [1.82, 2.24) is 20.5 Å². The Balaban J connectivity index is 0.00000198. The average Bonchev–Trinajstić information content (AvgIpc) is 3.33. The summed E-state index contributed by atoms with van der Waals surface area (Å²) in [6, 6.07) is 12.8. The second-order valence-corrected chi connectivity index (χ2v) is 12.5. The van der Waals surface area contributed by atoms with Crippen LogP contribution in [0.3, 0.4) is 0 Å². The van der Waals surface area contributed by atoms with E-state index in [0.29, 0.717) is 24.2 Å². The second kappa shape index (κ2) is 24.4. The van der Waals surface area contributed by atoms with Crippen molar-refractivity contribution in [2.45, 2.75) is 106 Å². The Bertz CT molecular complexity index is 1220. The number of unbranched alkanes of at least 4 members (excludes halogenated alkanes) is 3. The molecule has 2 aromatic rings. The first-order valence-electron chi connectivity index (χ1n) is 17.3. The minimum atomic E-state index is 0.121. The molecule has 0 aliphatic rings. The fraction of sp³-hybridized carbons (Fsp3) is 0.500. The van der Waals surface area contributed by atoms with E-state index >= 15 is 0 Å². The van der Waals surface area contributed by atoms with Gasteiger partial charge in [-0.1, -0.05) is 113 Å². The van der Waals surface area contributed by atoms with E-state index in [1.807, 2.05) is 26.0 Å². The molecule has 0 amide bonds. The zero-order valence-electron chi connectivity index (χ0n) is 30.5. The molecule has 0 aliphatic carbocycles. The van der Waals surface area contributed by atoms with Crippen LogP contribution in [0.4, 0.5) is 5.69 Å². The van der Waals surface area contributed by atoms with Gasteiger partial charge in [0.1, 0.15) is 0 Å². The summed E-state index contributed by atoms with van der Waals surface area (Å²) in [5, 5.41) is 15.4. The Morgan fingerprint density at radius 2 is 1.39 bits per heavy atom. The minimum Gasteiger partial charge on any atom is -0.386 e. The number of anilines is 1. The predicted octanol–water partition coefficient (Wildman–Crippen LogP) is 7.76. The van der Waals surface area contributed by atoms with Crippen LogP contribution in [0.1, 0.15) is 92.6 Å². The van der Waals surface area contributed by atoms with Gasteiger partial charge >= 0.3 is 0 Å². The van der Waals surface area contributed by atoms with Crippen LogP contribution in [0.15, 0.2) is 85.6 Å². The Morgan fingerprint density at radius 3 is 1.89 bits per heavy atom. The molecule has 1 unspecified atom stereocenters. The van der Waals surface area contributed by atoms with Crippen molar-refractivity contribution in [1.29, 1.82) is 0 Å². The number of hydrogen-bond acceptors (Lipinski definition) is 5. The van der Waals surface area contributed by atoms with Crippen molar-refractivity contribution in [3.8, 4) is 0 Å². The van der Waals surface area contributed by atoms with E-state index in [2.05, 4.69) is 124 Å². The van der Waals surface area contributed by atoms with Gasteiger partial charge in [-0.15, -0.1) is 0 Å². The van der Waals surface area contributed by atoms with Crippen molar-refractivity contribution < 1.29 is 0 Å². The van der Waals surface area contributed by atoms with Crippen LogP contribution in [0.25, 0.3) is 13.2 Å². The van der Waals surface area contributed by atoms with E-state index in [1.165, 1.54) is 18.4 Å². The van der Waals surface area contributed by atoms with Crippen LogP contribution in [0.2, 0.25) is 0 Å². The van der Waals surface area contributed by atoms with E-state index < -0.39 is 0 Å². The smallest absolute Gasteiger partial charge is 0.0885 e. The summed E-state index contributed by atoms with van der Waals surface area (Å²) in [5.74, 6) is 1.61. The molecule has 6 N–H and O–H groups in total. The zero-order chi connectivity index (χ0) is 35.1. The lowest BCUT2D eigenvalue weighted by Crippen LogP contribution is -2.40. The number of nitrogens with one attached hydrogen (secondary N) is 4. The Labute approximate surface area is 282 Å². The molecule has 0 radical (unpaired) electrons. The molecule has 1 heterocycles. The molecule has 46 heavy (non-hydrogen) atoms. The first-order chi connectivity index (χ1) is 21.8. The number of nitrogens with two attached hydrogens (primary N) is 1. The third-order valence-corrected chi connectivity index (χ3v) is 7.22. The lowest BCUT2D eigenvalue weighted by Gasteiger charge is -2.28. The zero-order valence-corrected chi connectivity index (χ0v) is 30.5. The van der Waals surface area contributed by atoms with Gasteiger partial charge in [-0.25, -0.2) is 0 Å². The Kier molecular flexibility index (Phi) is 22.4. The van der Waals surface area contributed by atoms with Gasteiger partial charge in [0.2, 0.25) is 0 Å². The number of aromatic nitrogens is 1. The molecular formula is C40H68N6. The number of nitrogens with zero attached hydrogens (tertiary/aromatic N) is 1. The number of allylic oxidation sites excluding steroid dienone is 1. The third-order valence-electron chi connectivity index (χ3n) is 7.22. The van der Waals surface area contributed by atoms with Crippen LogP contribution < -0.4 is 37.7 Å². The molecule has 6 nitrogen and oxygen atoms in total. The summed E-state index contributed by atoms with van der Waals surface area (Å²) < 4.78 is 2.19. The summed E-state index contributed by atoms with van der Waals surface area (Å²) in [5.41, 5.74) is 10.5. The molecule has 0 bridgehead atoms. The van der Waals surface area contributed by atoms with Crippen LogP contribution in [-0.2, 0) is 13.0 Å². The van der Waals surface area contributed by atoms with E-state index in [0.717, 1.165) is 78.7 Å². The summed E-state index contributed by atoms with van der Waals surface area (Å²) in [4.78, 5) is 0. The summed E-state index contributed by atoms with van der Waals surface area (Å²) in [6.45, 7) is 41.9. The molecule has 0 saturated carbocycles. The van der Waals surface area contributed by atoms with Gasteiger partial charge in [-0.3, -0.25) is 0 Å². The number of rotatable bonds is 21. The standard InChI is InChI=1S/C33H50N4.C5H12N2.C2H6/c1-24(2)22-31-17-19-32(20-18-31)35-27(6)23-34-30(9)33(25(3)4)36-26(5)14-12-10-11-13-21-37-28(7)15-16-29(37)8;1-3-4-7-5(2)6;1-2/h15-20,24-25,33-36H,5-14,21-23H2,1-4H3;7H,2-4,6H2,1H3;1-2H3. The fourth-order valence-corrected chi connectivity index (χ4v) is 4.81. The SMILES string of the molecule is C=C(CNC(=C)C(NC(=C)CCCCCCn1c(=C)ccc1=C)C(C)C)Nc1ccc(CC(C)C)cc1.C=C(N)NCCC.CC. The van der Waals surface area contributed by atoms with Gasteiger partial charge in [0.15, 0.2) is 0 Å². The summed E-state index contributed by atoms with van der Waals surface area (Å²) >= 11 is 0.